The summed E-state index contributed by atoms with van der Waals surface area (Å²) in [5.41, 5.74) is -1.09. The monoisotopic (exact) mass is 499 g/mol. The first-order chi connectivity index (χ1) is 16.1. The predicted octanol–water partition coefficient (Wildman–Crippen LogP) is 3.02. The summed E-state index contributed by atoms with van der Waals surface area (Å²) in [7, 11) is 0. The summed E-state index contributed by atoms with van der Waals surface area (Å²) in [5, 5.41) is 7.51. The number of fused-ring (bicyclic) bond motifs is 1. The molecule has 0 radical (unpaired) electrons. The van der Waals surface area contributed by atoms with E-state index >= 15 is 0 Å². The molecule has 1 N–H and O–H groups in total. The van der Waals surface area contributed by atoms with Crippen molar-refractivity contribution in [3.05, 3.63) is 45.7 Å². The van der Waals surface area contributed by atoms with Gasteiger partial charge in [0.2, 0.25) is 0 Å². The van der Waals surface area contributed by atoms with Crippen molar-refractivity contribution >= 4 is 45.0 Å². The lowest BCUT2D eigenvalue weighted by molar-refractivity contribution is -0.274. The Bertz CT molecular complexity index is 1300. The standard InChI is InChI=1S/C20H16F3N3O7S/c1-3-31-18(29)14-12-9-34-16(24-15(27)19(30)32-4-2)13(12)17(28)26(25-14)10-5-7-11(8-6-10)33-20(21,22)23/h5-9H,3-4H2,1-2H3,(H,24,27). The van der Waals surface area contributed by atoms with Crippen LogP contribution in [-0.4, -0.2) is 47.2 Å². The van der Waals surface area contributed by atoms with E-state index in [9.17, 15) is 32.3 Å². The second-order valence-electron chi connectivity index (χ2n) is 6.36. The molecule has 180 valence electrons. The van der Waals surface area contributed by atoms with E-state index in [1.807, 2.05) is 0 Å². The number of hydrogen-bond donors (Lipinski definition) is 1. The maximum Gasteiger partial charge on any atom is 0.573 e. The SMILES string of the molecule is CCOC(=O)C(=O)Nc1scc2c(C(=O)OCC)nn(-c3ccc(OC(F)(F)F)cc3)c(=O)c12. The number of anilines is 1. The van der Waals surface area contributed by atoms with E-state index in [2.05, 4.69) is 19.9 Å². The highest BCUT2D eigenvalue weighted by Crippen LogP contribution is 2.31. The lowest BCUT2D eigenvalue weighted by Crippen LogP contribution is -2.27. The first-order valence-corrected chi connectivity index (χ1v) is 10.5. The van der Waals surface area contributed by atoms with Gasteiger partial charge in [-0.25, -0.2) is 9.59 Å². The molecular formula is C20H16F3N3O7S. The number of aromatic nitrogens is 2. The van der Waals surface area contributed by atoms with E-state index in [-0.39, 0.29) is 40.4 Å². The van der Waals surface area contributed by atoms with Crippen molar-refractivity contribution in [2.75, 3.05) is 18.5 Å². The third-order valence-electron chi connectivity index (χ3n) is 4.12. The van der Waals surface area contributed by atoms with Crippen LogP contribution in [0.2, 0.25) is 0 Å². The van der Waals surface area contributed by atoms with Crippen LogP contribution in [0.5, 0.6) is 5.75 Å². The molecule has 0 saturated heterocycles. The minimum absolute atomic E-state index is 0.000780. The number of nitrogens with one attached hydrogen (secondary N) is 1. The van der Waals surface area contributed by atoms with Crippen LogP contribution in [0, 0.1) is 0 Å². The summed E-state index contributed by atoms with van der Waals surface area (Å²) in [6.07, 6.45) is -4.91. The highest BCUT2D eigenvalue weighted by atomic mass is 32.1. The molecule has 0 fully saturated rings. The van der Waals surface area contributed by atoms with Gasteiger partial charge in [-0.15, -0.1) is 24.5 Å². The molecule has 0 atom stereocenters. The fraction of sp³-hybridized carbons (Fsp3) is 0.250. The summed E-state index contributed by atoms with van der Waals surface area (Å²) in [4.78, 5) is 49.5. The van der Waals surface area contributed by atoms with E-state index < -0.39 is 35.5 Å². The van der Waals surface area contributed by atoms with Crippen LogP contribution < -0.4 is 15.6 Å². The number of esters is 2. The molecule has 2 heterocycles. The molecule has 0 aliphatic heterocycles. The van der Waals surface area contributed by atoms with Gasteiger partial charge < -0.3 is 19.5 Å². The number of rotatable bonds is 6. The molecule has 10 nitrogen and oxygen atoms in total. The number of amides is 1. The largest absolute Gasteiger partial charge is 0.573 e. The van der Waals surface area contributed by atoms with Crippen molar-refractivity contribution in [2.24, 2.45) is 0 Å². The number of hydrogen-bond acceptors (Lipinski definition) is 9. The Kier molecular flexibility index (Phi) is 7.20. The van der Waals surface area contributed by atoms with Crippen LogP contribution >= 0.6 is 11.3 Å². The number of carbonyl (C=O) groups is 3. The number of halogens is 3. The molecule has 3 rings (SSSR count). The zero-order valence-electron chi connectivity index (χ0n) is 17.6. The Morgan fingerprint density at radius 2 is 1.74 bits per heavy atom. The number of nitrogens with zero attached hydrogens (tertiary/aromatic N) is 2. The topological polar surface area (TPSA) is 126 Å². The second kappa shape index (κ2) is 9.91. The lowest BCUT2D eigenvalue weighted by Gasteiger charge is -2.11. The Labute approximate surface area is 192 Å². The highest BCUT2D eigenvalue weighted by Gasteiger charge is 2.31. The van der Waals surface area contributed by atoms with E-state index in [1.165, 1.54) is 12.3 Å². The van der Waals surface area contributed by atoms with Crippen LogP contribution in [0.1, 0.15) is 24.3 Å². The molecule has 3 aromatic rings. The second-order valence-corrected chi connectivity index (χ2v) is 7.24. The van der Waals surface area contributed by atoms with Gasteiger partial charge in [0.05, 0.1) is 24.3 Å². The van der Waals surface area contributed by atoms with E-state index in [1.54, 1.807) is 6.92 Å². The molecule has 34 heavy (non-hydrogen) atoms. The van der Waals surface area contributed by atoms with Crippen molar-refractivity contribution in [1.82, 2.24) is 9.78 Å². The zero-order valence-corrected chi connectivity index (χ0v) is 18.4. The molecular weight excluding hydrogens is 483 g/mol. The van der Waals surface area contributed by atoms with E-state index in [0.29, 0.717) is 0 Å². The lowest BCUT2D eigenvalue weighted by atomic mass is 10.2. The maximum atomic E-state index is 13.2. The minimum atomic E-state index is -4.91. The van der Waals surface area contributed by atoms with Gasteiger partial charge in [-0.3, -0.25) is 9.59 Å². The van der Waals surface area contributed by atoms with Crippen molar-refractivity contribution in [1.29, 1.82) is 0 Å². The van der Waals surface area contributed by atoms with Crippen molar-refractivity contribution in [2.45, 2.75) is 20.2 Å². The van der Waals surface area contributed by atoms with Crippen molar-refractivity contribution in [3.8, 4) is 11.4 Å². The first kappa shape index (κ1) is 24.7. The van der Waals surface area contributed by atoms with Crippen LogP contribution in [0.25, 0.3) is 16.5 Å². The quantitative estimate of drug-likeness (QED) is 0.405. The summed E-state index contributed by atoms with van der Waals surface area (Å²) in [5.74, 6) is -3.72. The predicted molar refractivity (Wildman–Crippen MR) is 113 cm³/mol. The molecule has 0 bridgehead atoms. The highest BCUT2D eigenvalue weighted by molar-refractivity contribution is 7.16. The Morgan fingerprint density at radius 3 is 2.32 bits per heavy atom. The average molecular weight is 499 g/mol. The zero-order chi connectivity index (χ0) is 25.0. The van der Waals surface area contributed by atoms with Gasteiger partial charge in [0.15, 0.2) is 5.69 Å². The Hall–Kier alpha value is -3.94. The summed E-state index contributed by atoms with van der Waals surface area (Å²) in [6, 6.07) is 4.17. The molecule has 0 aliphatic carbocycles. The molecule has 0 unspecified atom stereocenters. The molecule has 14 heteroatoms. The first-order valence-electron chi connectivity index (χ1n) is 9.61. The molecule has 0 saturated carbocycles. The maximum absolute atomic E-state index is 13.2. The molecule has 1 aromatic carbocycles. The number of benzene rings is 1. The Morgan fingerprint density at radius 1 is 1.09 bits per heavy atom. The molecule has 0 spiro atoms. The van der Waals surface area contributed by atoms with Crippen LogP contribution in [-0.2, 0) is 19.1 Å². The van der Waals surface area contributed by atoms with Crippen LogP contribution in [0.3, 0.4) is 0 Å². The molecule has 1 amide bonds. The summed E-state index contributed by atoms with van der Waals surface area (Å²) < 4.78 is 51.5. The van der Waals surface area contributed by atoms with Crippen LogP contribution in [0.15, 0.2) is 34.4 Å². The van der Waals surface area contributed by atoms with Gasteiger partial charge in [0.1, 0.15) is 10.8 Å². The average Bonchev–Trinajstić information content (AvgIpc) is 3.18. The summed E-state index contributed by atoms with van der Waals surface area (Å²) >= 11 is 0.857. The summed E-state index contributed by atoms with van der Waals surface area (Å²) in [6.45, 7) is 3.02. The van der Waals surface area contributed by atoms with Crippen molar-refractivity contribution < 1.29 is 41.8 Å². The van der Waals surface area contributed by atoms with Gasteiger partial charge in [-0.05, 0) is 38.1 Å². The van der Waals surface area contributed by atoms with Gasteiger partial charge in [0.25, 0.3) is 5.56 Å². The molecule has 2 aromatic heterocycles. The normalized spacial score (nSPS) is 11.2. The number of ether oxygens (including phenoxy) is 3. The van der Waals surface area contributed by atoms with Gasteiger partial charge in [-0.2, -0.15) is 9.78 Å². The number of thiophene rings is 1. The van der Waals surface area contributed by atoms with Gasteiger partial charge >= 0.3 is 24.2 Å². The van der Waals surface area contributed by atoms with Gasteiger partial charge in [-0.1, -0.05) is 0 Å². The van der Waals surface area contributed by atoms with Gasteiger partial charge in [0, 0.05) is 10.8 Å². The van der Waals surface area contributed by atoms with E-state index in [4.69, 9.17) is 4.74 Å². The third kappa shape index (κ3) is 5.33. The minimum Gasteiger partial charge on any atom is -0.461 e. The fourth-order valence-electron chi connectivity index (χ4n) is 2.81. The Balaban J connectivity index is 2.14. The van der Waals surface area contributed by atoms with Crippen LogP contribution in [0.4, 0.5) is 18.2 Å². The number of carbonyl (C=O) groups excluding carboxylic acids is 3. The van der Waals surface area contributed by atoms with Crippen molar-refractivity contribution in [3.63, 3.8) is 0 Å². The smallest absolute Gasteiger partial charge is 0.461 e. The van der Waals surface area contributed by atoms with E-state index in [0.717, 1.165) is 40.3 Å². The fourth-order valence-corrected chi connectivity index (χ4v) is 3.74. The molecule has 0 aliphatic rings. The number of alkyl halides is 3. The third-order valence-corrected chi connectivity index (χ3v) is 5.02.